The molecular weight excluding hydrogens is 340 g/mol. The zero-order valence-electron chi connectivity index (χ0n) is 11.8. The van der Waals surface area contributed by atoms with Crippen LogP contribution in [0, 0.1) is 0 Å². The van der Waals surface area contributed by atoms with Gasteiger partial charge in [-0.1, -0.05) is 41.1 Å². The summed E-state index contributed by atoms with van der Waals surface area (Å²) >= 11 is 3.57. The van der Waals surface area contributed by atoms with Gasteiger partial charge in [0, 0.05) is 10.0 Å². The van der Waals surface area contributed by atoms with Crippen LogP contribution in [-0.4, -0.2) is 44.7 Å². The van der Waals surface area contributed by atoms with Crippen LogP contribution < -0.4 is 4.90 Å². The Morgan fingerprint density at radius 3 is 2.50 bits per heavy atom. The summed E-state index contributed by atoms with van der Waals surface area (Å²) in [4.78, 5) is 1.44. The van der Waals surface area contributed by atoms with E-state index in [0.29, 0.717) is 19.5 Å². The monoisotopic (exact) mass is 361 g/mol. The molecule has 1 aromatic carbocycles. The van der Waals surface area contributed by atoms with Gasteiger partial charge in [0.2, 0.25) is 10.0 Å². The zero-order chi connectivity index (χ0) is 14.6. The highest BCUT2D eigenvalue weighted by atomic mass is 79.9. The predicted molar refractivity (Wildman–Crippen MR) is 84.2 cm³/mol. The minimum absolute atomic E-state index is 0.270. The third kappa shape index (κ3) is 4.04. The smallest absolute Gasteiger partial charge is 0.214 e. The molecule has 0 saturated carbocycles. The van der Waals surface area contributed by atoms with Crippen LogP contribution in [-0.2, 0) is 16.6 Å². The largest absolute Gasteiger partial charge is 0.329 e. The van der Waals surface area contributed by atoms with Gasteiger partial charge in [0.05, 0.1) is 31.9 Å². The van der Waals surface area contributed by atoms with E-state index in [-0.39, 0.29) is 5.75 Å². The number of benzene rings is 1. The highest BCUT2D eigenvalue weighted by Gasteiger charge is 2.28. The number of halogens is 1. The molecule has 1 fully saturated rings. The van der Waals surface area contributed by atoms with Crippen LogP contribution in [0.2, 0.25) is 0 Å². The Balaban J connectivity index is 1.91. The lowest BCUT2D eigenvalue weighted by atomic mass is 10.2. The average molecular weight is 362 g/mol. The normalized spacial score (nSPS) is 18.3. The van der Waals surface area contributed by atoms with Crippen molar-refractivity contribution in [3.8, 4) is 0 Å². The summed E-state index contributed by atoms with van der Waals surface area (Å²) < 4.78 is 26.8. The van der Waals surface area contributed by atoms with Crippen molar-refractivity contribution < 1.29 is 13.3 Å². The summed E-state index contributed by atoms with van der Waals surface area (Å²) in [6.45, 7) is 5.90. The van der Waals surface area contributed by atoms with Crippen LogP contribution in [0.25, 0.3) is 0 Å². The molecule has 6 heteroatoms. The van der Waals surface area contributed by atoms with E-state index in [1.807, 2.05) is 19.1 Å². The molecule has 0 atom stereocenters. The number of rotatable bonds is 5. The van der Waals surface area contributed by atoms with E-state index in [0.717, 1.165) is 24.1 Å². The van der Waals surface area contributed by atoms with Gasteiger partial charge >= 0.3 is 0 Å². The Kier molecular flexibility index (Phi) is 5.60. The first-order valence-electron chi connectivity index (χ1n) is 7.07. The first-order chi connectivity index (χ1) is 9.53. The second kappa shape index (κ2) is 7.02. The van der Waals surface area contributed by atoms with Gasteiger partial charge in [0.15, 0.2) is 0 Å². The van der Waals surface area contributed by atoms with Crippen molar-refractivity contribution in [1.29, 1.82) is 0 Å². The van der Waals surface area contributed by atoms with Gasteiger partial charge in [-0.15, -0.1) is 0 Å². The van der Waals surface area contributed by atoms with Gasteiger partial charge in [-0.2, -0.15) is 4.31 Å². The molecule has 0 amide bonds. The van der Waals surface area contributed by atoms with E-state index in [9.17, 15) is 8.42 Å². The number of nitrogens with one attached hydrogen (secondary N) is 1. The highest BCUT2D eigenvalue weighted by Crippen LogP contribution is 2.14. The maximum Gasteiger partial charge on any atom is 0.214 e. The maximum atomic E-state index is 12.0. The van der Waals surface area contributed by atoms with Crippen molar-refractivity contribution in [2.75, 3.05) is 31.9 Å². The average Bonchev–Trinajstić information content (AvgIpc) is 2.42. The number of piperazine rings is 1. The van der Waals surface area contributed by atoms with Crippen molar-refractivity contribution in [3.63, 3.8) is 0 Å². The molecule has 0 bridgehead atoms. The van der Waals surface area contributed by atoms with E-state index < -0.39 is 10.0 Å². The quantitative estimate of drug-likeness (QED) is 0.846. The summed E-state index contributed by atoms with van der Waals surface area (Å²) in [6.07, 6.45) is 0.687. The fraction of sp³-hybridized carbons (Fsp3) is 0.571. The molecule has 0 spiro atoms. The SMILES string of the molecule is CCCS(=O)(=O)N1CC[NH+](Cc2ccccc2Br)CC1. The van der Waals surface area contributed by atoms with Gasteiger partial charge in [-0.25, -0.2) is 8.42 Å². The second-order valence-electron chi connectivity index (χ2n) is 5.23. The summed E-state index contributed by atoms with van der Waals surface area (Å²) in [5.41, 5.74) is 1.28. The number of sulfonamides is 1. The first-order valence-corrected chi connectivity index (χ1v) is 9.48. The summed E-state index contributed by atoms with van der Waals surface area (Å²) in [5.74, 6) is 0.270. The molecule has 4 nitrogen and oxygen atoms in total. The molecule has 2 rings (SSSR count). The van der Waals surface area contributed by atoms with Crippen molar-refractivity contribution >= 4 is 26.0 Å². The number of hydrogen-bond donors (Lipinski definition) is 1. The first kappa shape index (κ1) is 15.9. The minimum Gasteiger partial charge on any atom is -0.329 e. The van der Waals surface area contributed by atoms with Crippen LogP contribution in [0.1, 0.15) is 18.9 Å². The van der Waals surface area contributed by atoms with E-state index in [1.54, 1.807) is 4.31 Å². The zero-order valence-corrected chi connectivity index (χ0v) is 14.2. The Hall–Kier alpha value is -0.430. The Labute approximate surface area is 129 Å². The van der Waals surface area contributed by atoms with Crippen LogP contribution in [0.4, 0.5) is 0 Å². The molecule has 20 heavy (non-hydrogen) atoms. The summed E-state index contributed by atoms with van der Waals surface area (Å²) in [5, 5.41) is 0. The topological polar surface area (TPSA) is 41.8 Å². The van der Waals surface area contributed by atoms with Crippen molar-refractivity contribution in [2.24, 2.45) is 0 Å². The fourth-order valence-electron chi connectivity index (χ4n) is 2.56. The molecule has 0 unspecified atom stereocenters. The van der Waals surface area contributed by atoms with Gasteiger partial charge < -0.3 is 4.90 Å². The van der Waals surface area contributed by atoms with Crippen molar-refractivity contribution in [2.45, 2.75) is 19.9 Å². The molecule has 1 N–H and O–H groups in total. The molecule has 0 radical (unpaired) electrons. The lowest BCUT2D eigenvalue weighted by Gasteiger charge is -2.31. The predicted octanol–water partition coefficient (Wildman–Crippen LogP) is 0.889. The number of hydrogen-bond acceptors (Lipinski definition) is 2. The van der Waals surface area contributed by atoms with Crippen LogP contribution in [0.15, 0.2) is 28.7 Å². The minimum atomic E-state index is -3.03. The third-order valence-corrected chi connectivity index (χ3v) is 6.53. The molecule has 0 aliphatic carbocycles. The molecule has 1 heterocycles. The molecular formula is C14H22BrN2O2S+. The van der Waals surface area contributed by atoms with Gasteiger partial charge in [0.1, 0.15) is 6.54 Å². The van der Waals surface area contributed by atoms with Crippen LogP contribution in [0.5, 0.6) is 0 Å². The third-order valence-electron chi connectivity index (χ3n) is 3.68. The van der Waals surface area contributed by atoms with Gasteiger partial charge in [0.25, 0.3) is 0 Å². The molecule has 112 valence electrons. The molecule has 1 saturated heterocycles. The highest BCUT2D eigenvalue weighted by molar-refractivity contribution is 9.10. The molecule has 1 aromatic rings. The van der Waals surface area contributed by atoms with Crippen LogP contribution >= 0.6 is 15.9 Å². The van der Waals surface area contributed by atoms with E-state index in [4.69, 9.17) is 0 Å². The van der Waals surface area contributed by atoms with E-state index >= 15 is 0 Å². The van der Waals surface area contributed by atoms with Crippen LogP contribution in [0.3, 0.4) is 0 Å². The molecule has 1 aliphatic rings. The number of quaternary nitrogens is 1. The summed E-state index contributed by atoms with van der Waals surface area (Å²) in [6, 6.07) is 8.23. The van der Waals surface area contributed by atoms with Crippen molar-refractivity contribution in [1.82, 2.24) is 4.31 Å². The lowest BCUT2D eigenvalue weighted by Crippen LogP contribution is -3.13. The Morgan fingerprint density at radius 1 is 1.25 bits per heavy atom. The van der Waals surface area contributed by atoms with Gasteiger partial charge in [-0.05, 0) is 12.5 Å². The number of nitrogens with zero attached hydrogens (tertiary/aromatic N) is 1. The maximum absolute atomic E-state index is 12.0. The molecule has 0 aromatic heterocycles. The van der Waals surface area contributed by atoms with Gasteiger partial charge in [-0.3, -0.25) is 0 Å². The lowest BCUT2D eigenvalue weighted by molar-refractivity contribution is -0.917. The molecule has 1 aliphatic heterocycles. The fourth-order valence-corrected chi connectivity index (χ4v) is 4.49. The second-order valence-corrected chi connectivity index (χ2v) is 8.18. The standard InChI is InChI=1S/C14H21BrN2O2S/c1-2-11-20(18,19)17-9-7-16(8-10-17)12-13-5-3-4-6-14(13)15/h3-6H,2,7-12H2,1H3/p+1. The Bertz CT molecular complexity index is 540. The summed E-state index contributed by atoms with van der Waals surface area (Å²) in [7, 11) is -3.03. The van der Waals surface area contributed by atoms with E-state index in [2.05, 4.69) is 28.1 Å². The van der Waals surface area contributed by atoms with Crippen molar-refractivity contribution in [3.05, 3.63) is 34.3 Å². The van der Waals surface area contributed by atoms with E-state index in [1.165, 1.54) is 10.5 Å². The Morgan fingerprint density at radius 2 is 1.90 bits per heavy atom.